The minimum Gasteiger partial charge on any atom is -0.490 e. The summed E-state index contributed by atoms with van der Waals surface area (Å²) in [4.78, 5) is 12.5. The fourth-order valence-corrected chi connectivity index (χ4v) is 3.52. The molecule has 0 saturated heterocycles. The van der Waals surface area contributed by atoms with Crippen molar-refractivity contribution < 1.29 is 19.0 Å². The van der Waals surface area contributed by atoms with Crippen molar-refractivity contribution >= 4 is 11.6 Å². The molecule has 0 spiro atoms. The van der Waals surface area contributed by atoms with Gasteiger partial charge in [0.15, 0.2) is 6.61 Å². The lowest BCUT2D eigenvalue weighted by atomic mass is 9.80. The Morgan fingerprint density at radius 2 is 1.31 bits per heavy atom. The van der Waals surface area contributed by atoms with E-state index in [1.807, 2.05) is 60.7 Å². The van der Waals surface area contributed by atoms with Crippen LogP contribution in [0.4, 0.5) is 5.69 Å². The molecule has 0 aromatic heterocycles. The van der Waals surface area contributed by atoms with Crippen molar-refractivity contribution in [2.24, 2.45) is 0 Å². The molecule has 5 nitrogen and oxygen atoms in total. The molecular formula is C30H37NO4. The van der Waals surface area contributed by atoms with Gasteiger partial charge in [0.1, 0.15) is 30.5 Å². The molecule has 3 aromatic carbocycles. The van der Waals surface area contributed by atoms with Gasteiger partial charge in [0.2, 0.25) is 0 Å². The van der Waals surface area contributed by atoms with Crippen LogP contribution in [0.15, 0.2) is 72.8 Å². The Morgan fingerprint density at radius 3 is 1.89 bits per heavy atom. The summed E-state index contributed by atoms with van der Waals surface area (Å²) in [5, 5.41) is 2.88. The normalized spacial score (nSPS) is 11.6. The fourth-order valence-electron chi connectivity index (χ4n) is 3.52. The van der Waals surface area contributed by atoms with Crippen LogP contribution in [-0.2, 0) is 15.6 Å². The van der Waals surface area contributed by atoms with Gasteiger partial charge in [-0.1, -0.05) is 71.9 Å². The van der Waals surface area contributed by atoms with Crippen LogP contribution in [0.5, 0.6) is 17.2 Å². The minimum atomic E-state index is -0.213. The van der Waals surface area contributed by atoms with Gasteiger partial charge in [-0.25, -0.2) is 0 Å². The Hall–Kier alpha value is -3.47. The predicted octanol–water partition coefficient (Wildman–Crippen LogP) is 6.76. The summed E-state index contributed by atoms with van der Waals surface area (Å²) >= 11 is 0. The van der Waals surface area contributed by atoms with Gasteiger partial charge in [0.05, 0.1) is 0 Å². The van der Waals surface area contributed by atoms with Crippen LogP contribution in [0.2, 0.25) is 0 Å². The number of para-hydroxylation sites is 1. The predicted molar refractivity (Wildman–Crippen MR) is 142 cm³/mol. The Kier molecular flexibility index (Phi) is 8.44. The third kappa shape index (κ3) is 8.06. The first-order chi connectivity index (χ1) is 16.5. The average Bonchev–Trinajstić information content (AvgIpc) is 2.81. The smallest absolute Gasteiger partial charge is 0.262 e. The fraction of sp³-hybridized carbons (Fsp3) is 0.367. The van der Waals surface area contributed by atoms with Crippen molar-refractivity contribution in [1.82, 2.24) is 0 Å². The molecule has 0 fully saturated rings. The molecule has 0 bridgehead atoms. The topological polar surface area (TPSA) is 56.8 Å². The monoisotopic (exact) mass is 475 g/mol. The van der Waals surface area contributed by atoms with Crippen molar-refractivity contribution in [2.75, 3.05) is 25.1 Å². The second kappa shape index (κ2) is 11.3. The Labute approximate surface area is 209 Å². The van der Waals surface area contributed by atoms with Crippen LogP contribution in [0.1, 0.15) is 52.7 Å². The lowest BCUT2D eigenvalue weighted by molar-refractivity contribution is -0.118. The van der Waals surface area contributed by atoms with Gasteiger partial charge >= 0.3 is 0 Å². The third-order valence-corrected chi connectivity index (χ3v) is 5.51. The van der Waals surface area contributed by atoms with Crippen LogP contribution < -0.4 is 19.5 Å². The Morgan fingerprint density at radius 1 is 0.714 bits per heavy atom. The number of rotatable bonds is 9. The van der Waals surface area contributed by atoms with E-state index in [0.717, 1.165) is 17.1 Å². The number of ether oxygens (including phenoxy) is 3. The van der Waals surface area contributed by atoms with Crippen molar-refractivity contribution in [2.45, 2.75) is 52.4 Å². The molecule has 0 radical (unpaired) electrons. The average molecular weight is 476 g/mol. The van der Waals surface area contributed by atoms with Gasteiger partial charge in [-0.3, -0.25) is 4.79 Å². The first-order valence-electron chi connectivity index (χ1n) is 12.0. The highest BCUT2D eigenvalue weighted by Gasteiger charge is 2.23. The third-order valence-electron chi connectivity index (χ3n) is 5.51. The molecule has 0 saturated carbocycles. The van der Waals surface area contributed by atoms with Crippen molar-refractivity contribution in [3.05, 3.63) is 83.9 Å². The van der Waals surface area contributed by atoms with E-state index in [2.05, 4.69) is 59.0 Å². The number of benzene rings is 3. The van der Waals surface area contributed by atoms with E-state index in [4.69, 9.17) is 14.2 Å². The SMILES string of the molecule is CC(C)(C)c1ccc(OCC(=O)Nc2ccc(OCCOc3ccccc3)cc2)c(C(C)(C)C)c1. The first kappa shape index (κ1) is 26.1. The maximum absolute atomic E-state index is 12.5. The molecule has 0 atom stereocenters. The molecule has 3 aromatic rings. The second-order valence-corrected chi connectivity index (χ2v) is 10.6. The summed E-state index contributed by atoms with van der Waals surface area (Å²) in [6.45, 7) is 13.9. The number of carbonyl (C=O) groups is 1. The maximum Gasteiger partial charge on any atom is 0.262 e. The number of anilines is 1. The molecule has 0 heterocycles. The van der Waals surface area contributed by atoms with E-state index in [9.17, 15) is 4.79 Å². The van der Waals surface area contributed by atoms with Crippen molar-refractivity contribution in [3.63, 3.8) is 0 Å². The molecule has 3 rings (SSSR count). The Balaban J connectivity index is 1.50. The van der Waals surface area contributed by atoms with E-state index in [-0.39, 0.29) is 23.3 Å². The number of carbonyl (C=O) groups excluding carboxylic acids is 1. The van der Waals surface area contributed by atoms with Crippen molar-refractivity contribution in [3.8, 4) is 17.2 Å². The maximum atomic E-state index is 12.5. The highest BCUT2D eigenvalue weighted by molar-refractivity contribution is 5.91. The van der Waals surface area contributed by atoms with Crippen LogP contribution in [0.25, 0.3) is 0 Å². The van der Waals surface area contributed by atoms with Crippen molar-refractivity contribution in [1.29, 1.82) is 0 Å². The summed E-state index contributed by atoms with van der Waals surface area (Å²) < 4.78 is 17.3. The van der Waals surface area contributed by atoms with E-state index < -0.39 is 0 Å². The van der Waals surface area contributed by atoms with Gasteiger partial charge in [0.25, 0.3) is 5.91 Å². The zero-order valence-corrected chi connectivity index (χ0v) is 21.7. The molecule has 5 heteroatoms. The number of hydrogen-bond donors (Lipinski definition) is 1. The highest BCUT2D eigenvalue weighted by Crippen LogP contribution is 2.35. The molecular weight excluding hydrogens is 438 g/mol. The van der Waals surface area contributed by atoms with Gasteiger partial charge in [-0.15, -0.1) is 0 Å². The lowest BCUT2D eigenvalue weighted by Gasteiger charge is -2.27. The molecule has 35 heavy (non-hydrogen) atoms. The van der Waals surface area contributed by atoms with Crippen LogP contribution in [0, 0.1) is 0 Å². The van der Waals surface area contributed by atoms with E-state index in [1.54, 1.807) is 0 Å². The second-order valence-electron chi connectivity index (χ2n) is 10.6. The number of hydrogen-bond acceptors (Lipinski definition) is 4. The first-order valence-corrected chi connectivity index (χ1v) is 12.0. The number of amides is 1. The quantitative estimate of drug-likeness (QED) is 0.348. The highest BCUT2D eigenvalue weighted by atomic mass is 16.5. The van der Waals surface area contributed by atoms with Gasteiger partial charge in [-0.2, -0.15) is 0 Å². The van der Waals surface area contributed by atoms with Gasteiger partial charge < -0.3 is 19.5 Å². The van der Waals surface area contributed by atoms with Crippen LogP contribution in [0.3, 0.4) is 0 Å². The Bertz CT molecular complexity index is 1090. The standard InChI is InChI=1S/C30H37NO4/c1-29(2,3)22-12-17-27(26(20-22)30(4,5)6)35-21-28(32)31-23-13-15-25(16-14-23)34-19-18-33-24-10-8-7-9-11-24/h7-17,20H,18-19,21H2,1-6H3,(H,31,32). The van der Waals surface area contributed by atoms with E-state index >= 15 is 0 Å². The number of nitrogens with one attached hydrogen (secondary N) is 1. The summed E-state index contributed by atoms with van der Waals surface area (Å²) in [5.74, 6) is 2.05. The molecule has 0 unspecified atom stereocenters. The zero-order valence-electron chi connectivity index (χ0n) is 21.7. The molecule has 1 amide bonds. The van der Waals surface area contributed by atoms with Gasteiger partial charge in [-0.05, 0) is 64.4 Å². The van der Waals surface area contributed by atoms with E-state index in [0.29, 0.717) is 24.7 Å². The lowest BCUT2D eigenvalue weighted by Crippen LogP contribution is -2.22. The molecule has 1 N–H and O–H groups in total. The summed E-state index contributed by atoms with van der Waals surface area (Å²) in [6.07, 6.45) is 0. The van der Waals surface area contributed by atoms with Crippen LogP contribution in [-0.4, -0.2) is 25.7 Å². The molecule has 186 valence electrons. The van der Waals surface area contributed by atoms with Crippen LogP contribution >= 0.6 is 0 Å². The summed E-state index contributed by atoms with van der Waals surface area (Å²) in [7, 11) is 0. The largest absolute Gasteiger partial charge is 0.490 e. The van der Waals surface area contributed by atoms with E-state index in [1.165, 1.54) is 5.56 Å². The minimum absolute atomic E-state index is 0.0424. The summed E-state index contributed by atoms with van der Waals surface area (Å²) in [5.41, 5.74) is 2.96. The molecule has 0 aliphatic rings. The molecule has 0 aliphatic carbocycles. The molecule has 0 aliphatic heterocycles. The van der Waals surface area contributed by atoms with Gasteiger partial charge in [0, 0.05) is 5.69 Å². The summed E-state index contributed by atoms with van der Waals surface area (Å²) in [6, 6.07) is 23.1. The zero-order chi connectivity index (χ0) is 25.5.